The number of hydrogen-bond acceptors (Lipinski definition) is 5. The van der Waals surface area contributed by atoms with E-state index < -0.39 is 0 Å². The minimum absolute atomic E-state index is 0.0651. The van der Waals surface area contributed by atoms with Crippen molar-refractivity contribution in [3.63, 3.8) is 0 Å². The molecule has 0 aliphatic carbocycles. The minimum Gasteiger partial charge on any atom is -0.454 e. The molecule has 7 heteroatoms. The summed E-state index contributed by atoms with van der Waals surface area (Å²) in [5.41, 5.74) is 5.79. The molecule has 94 valence electrons. The average Bonchev–Trinajstić information content (AvgIpc) is 2.86. The number of pyridine rings is 1. The summed E-state index contributed by atoms with van der Waals surface area (Å²) in [5, 5.41) is 15.5. The highest BCUT2D eigenvalue weighted by Gasteiger charge is 2.05. The lowest BCUT2D eigenvalue weighted by Gasteiger charge is -2.04. The SMILES string of the molecule is CCn1cc(Oc2ccnc(/C(N)=N/O)c2)cn1. The zero-order chi connectivity index (χ0) is 13.0. The van der Waals surface area contributed by atoms with Gasteiger partial charge in [-0.3, -0.25) is 9.67 Å². The summed E-state index contributed by atoms with van der Waals surface area (Å²) in [6.07, 6.45) is 4.92. The number of aromatic nitrogens is 3. The van der Waals surface area contributed by atoms with Gasteiger partial charge in [-0.25, -0.2) is 0 Å². The van der Waals surface area contributed by atoms with Crippen molar-refractivity contribution in [2.45, 2.75) is 13.5 Å². The first kappa shape index (κ1) is 11.9. The monoisotopic (exact) mass is 247 g/mol. The second-order valence-electron chi connectivity index (χ2n) is 3.50. The number of oxime groups is 1. The Kier molecular flexibility index (Phi) is 3.42. The smallest absolute Gasteiger partial charge is 0.188 e. The van der Waals surface area contributed by atoms with E-state index in [1.165, 1.54) is 6.20 Å². The van der Waals surface area contributed by atoms with Gasteiger partial charge in [-0.1, -0.05) is 5.16 Å². The molecule has 2 aromatic heterocycles. The number of hydrogen-bond donors (Lipinski definition) is 2. The quantitative estimate of drug-likeness (QED) is 0.366. The van der Waals surface area contributed by atoms with Gasteiger partial charge in [0.1, 0.15) is 11.4 Å². The largest absolute Gasteiger partial charge is 0.454 e. The van der Waals surface area contributed by atoms with E-state index in [0.717, 1.165) is 6.54 Å². The zero-order valence-electron chi connectivity index (χ0n) is 9.82. The van der Waals surface area contributed by atoms with E-state index in [1.807, 2.05) is 6.92 Å². The molecule has 0 spiro atoms. The highest BCUT2D eigenvalue weighted by atomic mass is 16.5. The first-order valence-corrected chi connectivity index (χ1v) is 5.37. The van der Waals surface area contributed by atoms with Crippen LogP contribution in [0.3, 0.4) is 0 Å². The summed E-state index contributed by atoms with van der Waals surface area (Å²) in [6, 6.07) is 3.26. The predicted octanol–water partition coefficient (Wildman–Crippen LogP) is 1.18. The van der Waals surface area contributed by atoms with Gasteiger partial charge in [0.2, 0.25) is 0 Å². The molecule has 3 N–H and O–H groups in total. The average molecular weight is 247 g/mol. The van der Waals surface area contributed by atoms with Crippen LogP contribution in [0, 0.1) is 0 Å². The molecule has 0 saturated carbocycles. The van der Waals surface area contributed by atoms with Crippen LogP contribution in [0.4, 0.5) is 0 Å². The van der Waals surface area contributed by atoms with E-state index in [9.17, 15) is 0 Å². The molecular formula is C11H13N5O2. The third-order valence-corrected chi connectivity index (χ3v) is 2.27. The summed E-state index contributed by atoms with van der Waals surface area (Å²) in [4.78, 5) is 3.96. The topological polar surface area (TPSA) is 98.6 Å². The van der Waals surface area contributed by atoms with Crippen LogP contribution in [-0.2, 0) is 6.54 Å². The van der Waals surface area contributed by atoms with Gasteiger partial charge >= 0.3 is 0 Å². The van der Waals surface area contributed by atoms with Crippen LogP contribution < -0.4 is 10.5 Å². The first-order chi connectivity index (χ1) is 8.72. The van der Waals surface area contributed by atoms with Crippen molar-refractivity contribution in [2.24, 2.45) is 10.9 Å². The molecule has 2 rings (SSSR count). The van der Waals surface area contributed by atoms with E-state index in [2.05, 4.69) is 15.2 Å². The van der Waals surface area contributed by atoms with Crippen LogP contribution in [0.1, 0.15) is 12.6 Å². The zero-order valence-corrected chi connectivity index (χ0v) is 9.82. The Bertz CT molecular complexity index is 564. The summed E-state index contributed by atoms with van der Waals surface area (Å²) in [7, 11) is 0. The van der Waals surface area contributed by atoms with Crippen LogP contribution in [0.5, 0.6) is 11.5 Å². The van der Waals surface area contributed by atoms with Gasteiger partial charge in [0.05, 0.1) is 12.4 Å². The summed E-state index contributed by atoms with van der Waals surface area (Å²) >= 11 is 0. The van der Waals surface area contributed by atoms with Gasteiger partial charge in [0, 0.05) is 18.8 Å². The normalized spacial score (nSPS) is 11.5. The highest BCUT2D eigenvalue weighted by molar-refractivity contribution is 5.95. The highest BCUT2D eigenvalue weighted by Crippen LogP contribution is 2.20. The molecule has 0 aliphatic rings. The van der Waals surface area contributed by atoms with Gasteiger partial charge in [0.25, 0.3) is 0 Å². The molecular weight excluding hydrogens is 234 g/mol. The fourth-order valence-electron chi connectivity index (χ4n) is 1.37. The second kappa shape index (κ2) is 5.17. The lowest BCUT2D eigenvalue weighted by Crippen LogP contribution is -2.14. The van der Waals surface area contributed by atoms with Gasteiger partial charge in [-0.15, -0.1) is 0 Å². The number of ether oxygens (including phenoxy) is 1. The number of aryl methyl sites for hydroxylation is 1. The van der Waals surface area contributed by atoms with Crippen LogP contribution in [-0.4, -0.2) is 25.8 Å². The summed E-state index contributed by atoms with van der Waals surface area (Å²) in [6.45, 7) is 2.76. The molecule has 0 aromatic carbocycles. The molecule has 2 aromatic rings. The van der Waals surface area contributed by atoms with Crippen LogP contribution in [0.2, 0.25) is 0 Å². The van der Waals surface area contributed by atoms with Crippen LogP contribution in [0.15, 0.2) is 35.9 Å². The maximum Gasteiger partial charge on any atom is 0.188 e. The molecule has 0 saturated heterocycles. The lowest BCUT2D eigenvalue weighted by molar-refractivity contribution is 0.318. The fourth-order valence-corrected chi connectivity index (χ4v) is 1.37. The molecule has 0 atom stereocenters. The summed E-state index contributed by atoms with van der Waals surface area (Å²) < 4.78 is 7.33. The Labute approximate surface area is 104 Å². The van der Waals surface area contributed by atoms with Crippen molar-refractivity contribution in [1.29, 1.82) is 0 Å². The Morgan fingerprint density at radius 2 is 2.39 bits per heavy atom. The predicted molar refractivity (Wildman–Crippen MR) is 64.7 cm³/mol. The molecule has 18 heavy (non-hydrogen) atoms. The molecule has 2 heterocycles. The third-order valence-electron chi connectivity index (χ3n) is 2.27. The number of nitrogens with two attached hydrogens (primary N) is 1. The molecule has 0 unspecified atom stereocenters. The van der Waals surface area contributed by atoms with Gasteiger partial charge in [0.15, 0.2) is 11.6 Å². The first-order valence-electron chi connectivity index (χ1n) is 5.37. The van der Waals surface area contributed by atoms with Gasteiger partial charge in [-0.05, 0) is 13.0 Å². The number of nitrogens with zero attached hydrogens (tertiary/aromatic N) is 4. The summed E-state index contributed by atoms with van der Waals surface area (Å²) in [5.74, 6) is 1.10. The Balaban J connectivity index is 2.19. The van der Waals surface area contributed by atoms with Crippen molar-refractivity contribution in [1.82, 2.24) is 14.8 Å². The van der Waals surface area contributed by atoms with Crippen molar-refractivity contribution >= 4 is 5.84 Å². The van der Waals surface area contributed by atoms with Crippen molar-refractivity contribution in [2.75, 3.05) is 0 Å². The van der Waals surface area contributed by atoms with Gasteiger partial charge in [-0.2, -0.15) is 5.10 Å². The van der Waals surface area contributed by atoms with Crippen LogP contribution >= 0.6 is 0 Å². The molecule has 0 radical (unpaired) electrons. The van der Waals surface area contributed by atoms with E-state index in [0.29, 0.717) is 17.2 Å². The van der Waals surface area contributed by atoms with E-state index in [1.54, 1.807) is 29.2 Å². The fraction of sp³-hybridized carbons (Fsp3) is 0.182. The maximum absolute atomic E-state index is 8.57. The lowest BCUT2D eigenvalue weighted by atomic mass is 10.3. The Hall–Kier alpha value is -2.57. The van der Waals surface area contributed by atoms with Crippen molar-refractivity contribution in [3.8, 4) is 11.5 Å². The minimum atomic E-state index is -0.0651. The van der Waals surface area contributed by atoms with E-state index >= 15 is 0 Å². The standard InChI is InChI=1S/C11H13N5O2/c1-2-16-7-9(6-14-16)18-8-3-4-13-10(5-8)11(12)15-17/h3-7,17H,2H2,1H3,(H2,12,15). The van der Waals surface area contributed by atoms with E-state index in [4.69, 9.17) is 15.7 Å². The van der Waals surface area contributed by atoms with Crippen molar-refractivity contribution < 1.29 is 9.94 Å². The maximum atomic E-state index is 8.57. The molecule has 0 bridgehead atoms. The molecule has 0 amide bonds. The Morgan fingerprint density at radius 3 is 3.06 bits per heavy atom. The number of amidine groups is 1. The molecule has 0 aliphatic heterocycles. The Morgan fingerprint density at radius 1 is 1.56 bits per heavy atom. The second-order valence-corrected chi connectivity index (χ2v) is 3.50. The third kappa shape index (κ3) is 2.57. The van der Waals surface area contributed by atoms with Crippen molar-refractivity contribution in [3.05, 3.63) is 36.4 Å². The van der Waals surface area contributed by atoms with E-state index in [-0.39, 0.29) is 5.84 Å². The molecule has 0 fully saturated rings. The van der Waals surface area contributed by atoms with Crippen LogP contribution in [0.25, 0.3) is 0 Å². The molecule has 7 nitrogen and oxygen atoms in total. The van der Waals surface area contributed by atoms with Gasteiger partial charge < -0.3 is 15.7 Å². The number of rotatable bonds is 4.